The van der Waals surface area contributed by atoms with Gasteiger partial charge in [0.2, 0.25) is 5.91 Å². The number of carbonyl (C=O) groups excluding carboxylic acids is 1. The van der Waals surface area contributed by atoms with Crippen molar-refractivity contribution < 1.29 is 41.0 Å². The van der Waals surface area contributed by atoms with Crippen molar-refractivity contribution >= 4 is 23.5 Å². The summed E-state index contributed by atoms with van der Waals surface area (Å²) in [6, 6.07) is 3.03. The highest BCUT2D eigenvalue weighted by atomic mass is 35.5. The first-order chi connectivity index (χ1) is 23.6. The van der Waals surface area contributed by atoms with Gasteiger partial charge in [-0.15, -0.1) is 0 Å². The summed E-state index contributed by atoms with van der Waals surface area (Å²) in [6.45, 7) is 1.96. The molecule has 270 valence electrons. The Balaban J connectivity index is 1.59. The van der Waals surface area contributed by atoms with Gasteiger partial charge in [-0.05, 0) is 84.7 Å². The molecule has 2 aromatic carbocycles. The quantitative estimate of drug-likeness (QED) is 0.254. The molecule has 3 heterocycles. The Morgan fingerprint density at radius 3 is 2.40 bits per heavy atom. The van der Waals surface area contributed by atoms with E-state index < -0.39 is 65.5 Å². The predicted molar refractivity (Wildman–Crippen MR) is 176 cm³/mol. The molecular formula is C36H38ClF6N3O4. The van der Waals surface area contributed by atoms with E-state index in [0.717, 1.165) is 17.2 Å². The molecule has 1 aromatic heterocycles. The lowest BCUT2D eigenvalue weighted by Gasteiger charge is -2.34. The number of nitrogens with one attached hydrogen (secondary N) is 1. The molecule has 0 aliphatic carbocycles. The smallest absolute Gasteiger partial charge is 0.416 e. The highest BCUT2D eigenvalue weighted by molar-refractivity contribution is 6.31. The molecule has 7 nitrogen and oxygen atoms in total. The van der Waals surface area contributed by atoms with Gasteiger partial charge in [-0.1, -0.05) is 37.3 Å². The molecule has 2 aliphatic heterocycles. The first-order valence-corrected chi connectivity index (χ1v) is 17.0. The van der Waals surface area contributed by atoms with Crippen molar-refractivity contribution in [1.82, 2.24) is 14.8 Å². The SMILES string of the molecule is Cc1cc(F)cc2c1-c1cc(Cl)c(F)c(c1)[C@H](CC(=O)O)NC(=O)[C@@H](n1cc(CCN3CC(F)C3)c(C(F)(F)F)cc1=O)CCCCCCC2. The predicted octanol–water partition coefficient (Wildman–Crippen LogP) is 7.74. The molecule has 1 fully saturated rings. The average Bonchev–Trinajstić information content (AvgIpc) is 3.00. The van der Waals surface area contributed by atoms with E-state index in [1.165, 1.54) is 24.3 Å². The minimum absolute atomic E-state index is 0.0164. The zero-order valence-corrected chi connectivity index (χ0v) is 28.1. The van der Waals surface area contributed by atoms with Crippen molar-refractivity contribution in [1.29, 1.82) is 0 Å². The molecule has 0 unspecified atom stereocenters. The van der Waals surface area contributed by atoms with E-state index in [0.29, 0.717) is 60.4 Å². The molecule has 50 heavy (non-hydrogen) atoms. The number of nitrogens with zero attached hydrogens (tertiary/aromatic N) is 2. The standard InChI is InChI=1S/C36H38ClF6N3O4/c1-20-11-24(38)12-21-7-5-3-2-4-6-8-30(35(50)44-29(16-32(48)49)26-13-23(33(20)21)14-28(37)34(26)40)46-17-22(9-10-45-18-25(39)19-45)27(15-31(46)47)36(41,42)43/h11-15,17,25,29-30H,2-10,16,18-19H2,1H3,(H,44,50)(H,48,49)/t29-,30-/m0/s1. The number of carboxylic acids is 1. The van der Waals surface area contributed by atoms with Crippen LogP contribution in [0.2, 0.25) is 5.02 Å². The number of pyridine rings is 1. The summed E-state index contributed by atoms with van der Waals surface area (Å²) in [5, 5.41) is 12.0. The van der Waals surface area contributed by atoms with Crippen molar-refractivity contribution in [2.45, 2.75) is 89.1 Å². The van der Waals surface area contributed by atoms with E-state index in [-0.39, 0.29) is 48.6 Å². The van der Waals surface area contributed by atoms with Crippen LogP contribution in [0, 0.1) is 18.6 Å². The Kier molecular flexibility index (Phi) is 11.7. The van der Waals surface area contributed by atoms with Crippen molar-refractivity contribution in [2.24, 2.45) is 0 Å². The molecule has 2 N–H and O–H groups in total. The Bertz CT molecular complexity index is 1810. The van der Waals surface area contributed by atoms with Crippen LogP contribution in [-0.2, 0) is 28.6 Å². The Morgan fingerprint density at radius 2 is 1.72 bits per heavy atom. The minimum Gasteiger partial charge on any atom is -0.481 e. The molecule has 2 aliphatic rings. The molecule has 0 saturated carbocycles. The van der Waals surface area contributed by atoms with Gasteiger partial charge in [0.25, 0.3) is 5.56 Å². The number of hydrogen-bond donors (Lipinski definition) is 2. The van der Waals surface area contributed by atoms with Gasteiger partial charge in [0, 0.05) is 37.5 Å². The zero-order valence-electron chi connectivity index (χ0n) is 27.4. The Hall–Kier alpha value is -3.84. The number of fused-ring (bicyclic) bond motifs is 4. The Labute approximate surface area is 290 Å². The van der Waals surface area contributed by atoms with Gasteiger partial charge in [-0.2, -0.15) is 13.2 Å². The van der Waals surface area contributed by atoms with Crippen LogP contribution in [-0.4, -0.2) is 52.3 Å². The van der Waals surface area contributed by atoms with E-state index in [1.54, 1.807) is 11.8 Å². The number of alkyl halides is 4. The zero-order chi connectivity index (χ0) is 36.3. The number of halogens is 7. The van der Waals surface area contributed by atoms with Gasteiger partial charge >= 0.3 is 12.1 Å². The fourth-order valence-corrected chi connectivity index (χ4v) is 7.19. The molecular weight excluding hydrogens is 688 g/mol. The number of aromatic nitrogens is 1. The van der Waals surface area contributed by atoms with Gasteiger partial charge < -0.3 is 15.0 Å². The van der Waals surface area contributed by atoms with E-state index in [2.05, 4.69) is 5.32 Å². The number of aliphatic carboxylic acids is 1. The van der Waals surface area contributed by atoms with Crippen LogP contribution >= 0.6 is 11.6 Å². The molecule has 2 atom stereocenters. The van der Waals surface area contributed by atoms with Gasteiger partial charge in [-0.25, -0.2) is 13.2 Å². The van der Waals surface area contributed by atoms with Crippen LogP contribution in [0.5, 0.6) is 0 Å². The third-order valence-electron chi connectivity index (χ3n) is 9.44. The summed E-state index contributed by atoms with van der Waals surface area (Å²) in [5.74, 6) is -3.71. The first-order valence-electron chi connectivity index (χ1n) is 16.6. The van der Waals surface area contributed by atoms with Crippen LogP contribution in [0.4, 0.5) is 26.3 Å². The van der Waals surface area contributed by atoms with E-state index >= 15 is 4.39 Å². The van der Waals surface area contributed by atoms with Crippen LogP contribution in [0.15, 0.2) is 41.3 Å². The van der Waals surface area contributed by atoms with Crippen LogP contribution in [0.25, 0.3) is 11.1 Å². The maximum Gasteiger partial charge on any atom is 0.416 e. The molecule has 1 saturated heterocycles. The topological polar surface area (TPSA) is 91.6 Å². The highest BCUT2D eigenvalue weighted by Gasteiger charge is 2.36. The lowest BCUT2D eigenvalue weighted by Crippen LogP contribution is -2.49. The number of carboxylic acid groups (broad SMARTS) is 1. The molecule has 2 bridgehead atoms. The van der Waals surface area contributed by atoms with Gasteiger partial charge in [0.1, 0.15) is 23.8 Å². The number of likely N-dealkylation sites (tertiary alicyclic amines) is 1. The van der Waals surface area contributed by atoms with E-state index in [1.807, 2.05) is 0 Å². The minimum atomic E-state index is -4.87. The third-order valence-corrected chi connectivity index (χ3v) is 9.71. The molecule has 14 heteroatoms. The fraction of sp³-hybridized carbons (Fsp3) is 0.472. The van der Waals surface area contributed by atoms with Crippen LogP contribution < -0.4 is 10.9 Å². The summed E-state index contributed by atoms with van der Waals surface area (Å²) < 4.78 is 86.7. The number of benzene rings is 2. The second-order valence-corrected chi connectivity index (χ2v) is 13.6. The second-order valence-electron chi connectivity index (χ2n) is 13.2. The van der Waals surface area contributed by atoms with E-state index in [9.17, 15) is 41.4 Å². The maximum absolute atomic E-state index is 15.8. The van der Waals surface area contributed by atoms with Gasteiger partial charge in [-0.3, -0.25) is 19.3 Å². The lowest BCUT2D eigenvalue weighted by molar-refractivity contribution is -0.139. The third kappa shape index (κ3) is 8.71. The molecule has 0 radical (unpaired) electrons. The largest absolute Gasteiger partial charge is 0.481 e. The lowest BCUT2D eigenvalue weighted by atomic mass is 9.89. The second kappa shape index (κ2) is 15.6. The van der Waals surface area contributed by atoms with Gasteiger partial charge in [0.05, 0.1) is 23.0 Å². The van der Waals surface area contributed by atoms with Crippen molar-refractivity contribution in [2.75, 3.05) is 19.6 Å². The van der Waals surface area contributed by atoms with Gasteiger partial charge in [0.15, 0.2) is 0 Å². The van der Waals surface area contributed by atoms with Crippen molar-refractivity contribution in [3.63, 3.8) is 0 Å². The summed E-state index contributed by atoms with van der Waals surface area (Å²) in [5.41, 5.74) is -0.558. The normalized spacial score (nSPS) is 19.8. The molecule has 3 aromatic rings. The monoisotopic (exact) mass is 725 g/mol. The van der Waals surface area contributed by atoms with Crippen molar-refractivity contribution in [3.8, 4) is 11.1 Å². The average molecular weight is 726 g/mol. The van der Waals surface area contributed by atoms with Crippen LogP contribution in [0.3, 0.4) is 0 Å². The number of hydrogen-bond acceptors (Lipinski definition) is 4. The Morgan fingerprint density at radius 1 is 1.02 bits per heavy atom. The van der Waals surface area contributed by atoms with Crippen LogP contribution in [0.1, 0.15) is 84.8 Å². The number of carbonyl (C=O) groups is 2. The number of aryl methyl sites for hydroxylation is 2. The van der Waals surface area contributed by atoms with Crippen molar-refractivity contribution in [3.05, 3.63) is 91.4 Å². The molecule has 0 spiro atoms. The summed E-state index contributed by atoms with van der Waals surface area (Å²) in [7, 11) is 0. The molecule has 1 amide bonds. The number of rotatable bonds is 6. The number of amides is 1. The highest BCUT2D eigenvalue weighted by Crippen LogP contribution is 2.37. The molecule has 5 rings (SSSR count). The summed E-state index contributed by atoms with van der Waals surface area (Å²) >= 11 is 6.34. The maximum atomic E-state index is 15.8. The summed E-state index contributed by atoms with van der Waals surface area (Å²) in [6.07, 6.45) is -2.27. The fourth-order valence-electron chi connectivity index (χ4n) is 6.96. The first kappa shape index (κ1) is 37.4. The summed E-state index contributed by atoms with van der Waals surface area (Å²) in [4.78, 5) is 41.0. The van der Waals surface area contributed by atoms with E-state index in [4.69, 9.17) is 11.6 Å².